The molecular weight excluding hydrogens is 267 g/mol. The van der Waals surface area contributed by atoms with Gasteiger partial charge >= 0.3 is 54.2 Å². The molecule has 0 fully saturated rings. The van der Waals surface area contributed by atoms with Crippen LogP contribution in [-0.4, -0.2) is 50.5 Å². The van der Waals surface area contributed by atoms with E-state index in [1.807, 2.05) is 0 Å². The molecule has 0 aliphatic rings. The molecule has 0 rings (SSSR count). The normalized spacial score (nSPS) is 9.83. The van der Waals surface area contributed by atoms with Crippen molar-refractivity contribution in [1.29, 1.82) is 0 Å². The first-order chi connectivity index (χ1) is 2.00. The first kappa shape index (κ1) is 10.1. The summed E-state index contributed by atoms with van der Waals surface area (Å²) < 4.78 is 30.7. The Hall–Kier alpha value is 1.03. The van der Waals surface area contributed by atoms with Crippen LogP contribution in [-0.2, 0) is 3.74 Å². The summed E-state index contributed by atoms with van der Waals surface area (Å²) in [6.45, 7) is 0. The van der Waals surface area contributed by atoms with Crippen molar-refractivity contribution >= 4 is 38.2 Å². The molecule has 6 heteroatoms. The zero-order valence-corrected chi connectivity index (χ0v) is 7.43. The Kier molecular flexibility index (Phi) is 5.19. The van der Waals surface area contributed by atoms with Crippen LogP contribution in [0.5, 0.6) is 0 Å². The van der Waals surface area contributed by atoms with Gasteiger partial charge in [0, 0.05) is 0 Å². The van der Waals surface area contributed by atoms with E-state index in [-0.39, 0.29) is 23.7 Å². The maximum absolute atomic E-state index is 8.94. The van der Waals surface area contributed by atoms with Crippen LogP contribution in [0.25, 0.3) is 0 Å². The molecule has 40 valence electrons. The molecule has 0 saturated heterocycles. The SMILES string of the molecule is O=[As](O)(O)O.[TeH2]. The second-order valence-electron chi connectivity index (χ2n) is 0.513. The molecule has 0 aliphatic carbocycles. The summed E-state index contributed by atoms with van der Waals surface area (Å²) in [7, 11) is 0. The van der Waals surface area contributed by atoms with Crippen molar-refractivity contribution in [3.8, 4) is 0 Å². The van der Waals surface area contributed by atoms with Crippen molar-refractivity contribution in [2.45, 2.75) is 0 Å². The van der Waals surface area contributed by atoms with Gasteiger partial charge < -0.3 is 0 Å². The predicted molar refractivity (Wildman–Crippen MR) is 21.6 cm³/mol. The van der Waals surface area contributed by atoms with Crippen LogP contribution >= 0.6 is 0 Å². The van der Waals surface area contributed by atoms with E-state index in [0.717, 1.165) is 0 Å². The fourth-order valence-corrected chi connectivity index (χ4v) is 0. The van der Waals surface area contributed by atoms with Crippen molar-refractivity contribution in [1.82, 2.24) is 0 Å². The Bertz CT molecular complexity index is 53.7. The summed E-state index contributed by atoms with van der Waals surface area (Å²) in [6, 6.07) is 0. The van der Waals surface area contributed by atoms with Crippen molar-refractivity contribution in [3.63, 3.8) is 0 Å². The Morgan fingerprint density at radius 1 is 1.17 bits per heavy atom. The van der Waals surface area contributed by atoms with Crippen LogP contribution in [0.4, 0.5) is 0 Å². The molecule has 0 heterocycles. The molecule has 0 radical (unpaired) electrons. The van der Waals surface area contributed by atoms with Crippen molar-refractivity contribution in [3.05, 3.63) is 0 Å². The zero-order chi connectivity index (χ0) is 4.50. The van der Waals surface area contributed by atoms with Gasteiger partial charge in [0.05, 0.1) is 0 Å². The number of hydrogen-bond donors (Lipinski definition) is 3. The Morgan fingerprint density at radius 2 is 1.17 bits per heavy atom. The van der Waals surface area contributed by atoms with Gasteiger partial charge in [0.2, 0.25) is 0 Å². The van der Waals surface area contributed by atoms with E-state index in [1.165, 1.54) is 0 Å². The fraction of sp³-hybridized carbons (Fsp3) is 0. The van der Waals surface area contributed by atoms with Gasteiger partial charge in [-0.3, -0.25) is 0 Å². The van der Waals surface area contributed by atoms with E-state index in [1.54, 1.807) is 0 Å². The van der Waals surface area contributed by atoms with Gasteiger partial charge in [-0.15, -0.1) is 0 Å². The second kappa shape index (κ2) is 3.09. The third-order valence-electron chi connectivity index (χ3n) is 0. The minimum absolute atomic E-state index is 0. The summed E-state index contributed by atoms with van der Waals surface area (Å²) in [5.74, 6) is 0. The summed E-state index contributed by atoms with van der Waals surface area (Å²) in [5.41, 5.74) is 0. The molecule has 6 heavy (non-hydrogen) atoms. The van der Waals surface area contributed by atoms with E-state index in [0.29, 0.717) is 0 Å². The summed E-state index contributed by atoms with van der Waals surface area (Å²) >= 11 is -5.12. The van der Waals surface area contributed by atoms with Gasteiger partial charge in [-0.2, -0.15) is 0 Å². The van der Waals surface area contributed by atoms with E-state index in [2.05, 4.69) is 0 Å². The molecule has 0 aromatic rings. The molecule has 0 spiro atoms. The van der Waals surface area contributed by atoms with E-state index in [4.69, 9.17) is 16.0 Å². The van der Waals surface area contributed by atoms with Crippen LogP contribution in [0.2, 0.25) is 0 Å². The predicted octanol–water partition coefficient (Wildman–Crippen LogP) is -3.09. The van der Waals surface area contributed by atoms with E-state index in [9.17, 15) is 0 Å². The Morgan fingerprint density at radius 3 is 1.17 bits per heavy atom. The Balaban J connectivity index is 0. The van der Waals surface area contributed by atoms with E-state index < -0.39 is 14.5 Å². The molecule has 0 atom stereocenters. The van der Waals surface area contributed by atoms with Gasteiger partial charge in [-0.25, -0.2) is 0 Å². The molecule has 0 aromatic carbocycles. The summed E-state index contributed by atoms with van der Waals surface area (Å²) in [6.07, 6.45) is 0. The molecule has 3 N–H and O–H groups in total. The zero-order valence-electron chi connectivity index (χ0n) is 2.70. The van der Waals surface area contributed by atoms with Crippen molar-refractivity contribution in [2.24, 2.45) is 0 Å². The molecule has 4 nitrogen and oxygen atoms in total. The van der Waals surface area contributed by atoms with Gasteiger partial charge in [0.1, 0.15) is 0 Å². The standard InChI is InChI=1S/AsH3O4.H2Te/c2-1(3,4)5;/h(H3,2,3,4,5);1H2. The van der Waals surface area contributed by atoms with Crippen molar-refractivity contribution < 1.29 is 16.0 Å². The molecule has 0 saturated carbocycles. The molecule has 0 unspecified atom stereocenters. The number of rotatable bonds is 0. The average Bonchev–Trinajstić information content (AvgIpc) is 0.722. The van der Waals surface area contributed by atoms with Crippen LogP contribution in [0.1, 0.15) is 0 Å². The molecule has 0 aliphatic heterocycles. The Labute approximate surface area is 54.3 Å². The topological polar surface area (TPSA) is 77.8 Å². The van der Waals surface area contributed by atoms with Gasteiger partial charge in [-0.05, 0) is 0 Å². The van der Waals surface area contributed by atoms with Crippen LogP contribution in [0.3, 0.4) is 0 Å². The first-order valence-electron chi connectivity index (χ1n) is 0.783. The average molecular weight is 272 g/mol. The number of hydrogen-bond acceptors (Lipinski definition) is 1. The van der Waals surface area contributed by atoms with Crippen LogP contribution < -0.4 is 0 Å². The monoisotopic (exact) mass is 274 g/mol. The molecule has 0 amide bonds. The van der Waals surface area contributed by atoms with Gasteiger partial charge in [0.25, 0.3) is 0 Å². The van der Waals surface area contributed by atoms with Gasteiger partial charge in [-0.1, -0.05) is 0 Å². The summed E-state index contributed by atoms with van der Waals surface area (Å²) in [4.78, 5) is 0. The first-order valence-corrected chi connectivity index (χ1v) is 4.07. The van der Waals surface area contributed by atoms with Gasteiger partial charge in [0.15, 0.2) is 0 Å². The van der Waals surface area contributed by atoms with E-state index >= 15 is 0 Å². The molecule has 0 aromatic heterocycles. The van der Waals surface area contributed by atoms with Crippen molar-refractivity contribution in [2.75, 3.05) is 0 Å². The van der Waals surface area contributed by atoms with Crippen LogP contribution in [0, 0.1) is 0 Å². The third kappa shape index (κ3) is 77.2. The summed E-state index contributed by atoms with van der Waals surface area (Å²) in [5, 5.41) is 0. The fourth-order valence-electron chi connectivity index (χ4n) is 0. The molecular formula is H5AsO4Te. The third-order valence-corrected chi connectivity index (χ3v) is 0. The minimum atomic E-state index is -5.12. The maximum atomic E-state index is 8.94. The quantitative estimate of drug-likeness (QED) is 0.408. The second-order valence-corrected chi connectivity index (χ2v) is 2.67. The van der Waals surface area contributed by atoms with Crippen LogP contribution in [0.15, 0.2) is 0 Å². The molecule has 0 bridgehead atoms.